The van der Waals surface area contributed by atoms with Gasteiger partial charge in [-0.15, -0.1) is 0 Å². The van der Waals surface area contributed by atoms with Crippen LogP contribution in [0.2, 0.25) is 0 Å². The molecule has 21 heavy (non-hydrogen) atoms. The molecule has 1 aliphatic carbocycles. The van der Waals surface area contributed by atoms with Crippen molar-refractivity contribution in [3.8, 4) is 0 Å². The maximum Gasteiger partial charge on any atom is 0.251 e. The standard InChI is InChI=1S/C16H12BrF2NO/c17-11-4-1-9(2-5-11)12-8-15(12)20-16(21)10-3-6-13(18)14(19)7-10/h1-7,12,15H,8H2,(H,20,21)/t12-,15+/m0/s1. The topological polar surface area (TPSA) is 29.1 Å². The zero-order valence-corrected chi connectivity index (χ0v) is 12.5. The van der Waals surface area contributed by atoms with Crippen molar-refractivity contribution in [2.75, 3.05) is 0 Å². The van der Waals surface area contributed by atoms with Crippen LogP contribution < -0.4 is 5.32 Å². The first-order valence-corrected chi connectivity index (χ1v) is 7.35. The highest BCUT2D eigenvalue weighted by Gasteiger charge is 2.39. The summed E-state index contributed by atoms with van der Waals surface area (Å²) in [5, 5.41) is 2.84. The fraction of sp³-hybridized carbons (Fsp3) is 0.188. The maximum absolute atomic E-state index is 13.1. The highest BCUT2D eigenvalue weighted by Crippen LogP contribution is 2.41. The number of halogens is 3. The van der Waals surface area contributed by atoms with Gasteiger partial charge in [0.1, 0.15) is 0 Å². The first-order chi connectivity index (χ1) is 10.0. The van der Waals surface area contributed by atoms with Crippen molar-refractivity contribution in [1.82, 2.24) is 5.32 Å². The molecule has 2 nitrogen and oxygen atoms in total. The summed E-state index contributed by atoms with van der Waals surface area (Å²) in [5.74, 6) is -2.06. The van der Waals surface area contributed by atoms with Crippen LogP contribution in [0.3, 0.4) is 0 Å². The average molecular weight is 352 g/mol. The quantitative estimate of drug-likeness (QED) is 0.889. The molecule has 1 amide bonds. The first kappa shape index (κ1) is 14.2. The van der Waals surface area contributed by atoms with E-state index in [1.165, 1.54) is 6.07 Å². The molecular formula is C16H12BrF2NO. The second kappa shape index (κ2) is 5.56. The van der Waals surface area contributed by atoms with Crippen molar-refractivity contribution >= 4 is 21.8 Å². The normalized spacial score (nSPS) is 20.1. The minimum atomic E-state index is -1.01. The van der Waals surface area contributed by atoms with Gasteiger partial charge in [0, 0.05) is 22.0 Å². The average Bonchev–Trinajstić information content (AvgIpc) is 3.21. The molecule has 0 unspecified atom stereocenters. The van der Waals surface area contributed by atoms with Gasteiger partial charge >= 0.3 is 0 Å². The molecule has 2 aromatic carbocycles. The molecule has 108 valence electrons. The highest BCUT2D eigenvalue weighted by atomic mass is 79.9. The Kier molecular flexibility index (Phi) is 3.76. The number of rotatable bonds is 3. The van der Waals surface area contributed by atoms with Crippen LogP contribution in [-0.4, -0.2) is 11.9 Å². The Bertz CT molecular complexity index is 687. The molecule has 2 aromatic rings. The van der Waals surface area contributed by atoms with Crippen LogP contribution in [0, 0.1) is 11.6 Å². The van der Waals surface area contributed by atoms with E-state index in [-0.39, 0.29) is 23.4 Å². The molecule has 1 fully saturated rings. The van der Waals surface area contributed by atoms with Crippen LogP contribution in [0.4, 0.5) is 8.78 Å². The Balaban J connectivity index is 1.64. The van der Waals surface area contributed by atoms with Gasteiger partial charge in [0.2, 0.25) is 0 Å². The number of nitrogens with one attached hydrogen (secondary N) is 1. The number of benzene rings is 2. The Labute approximate surface area is 129 Å². The largest absolute Gasteiger partial charge is 0.349 e. The lowest BCUT2D eigenvalue weighted by Gasteiger charge is -2.05. The molecule has 0 radical (unpaired) electrons. The summed E-state index contributed by atoms with van der Waals surface area (Å²) < 4.78 is 27.0. The number of carbonyl (C=O) groups is 1. The van der Waals surface area contributed by atoms with Crippen LogP contribution >= 0.6 is 15.9 Å². The van der Waals surface area contributed by atoms with Crippen molar-refractivity contribution in [2.24, 2.45) is 0 Å². The molecule has 0 aliphatic heterocycles. The third kappa shape index (κ3) is 3.13. The highest BCUT2D eigenvalue weighted by molar-refractivity contribution is 9.10. The number of hydrogen-bond acceptors (Lipinski definition) is 1. The molecule has 1 N–H and O–H groups in total. The lowest BCUT2D eigenvalue weighted by Crippen LogP contribution is -2.26. The molecule has 2 atom stereocenters. The second-order valence-corrected chi connectivity index (χ2v) is 6.02. The summed E-state index contributed by atoms with van der Waals surface area (Å²) in [6.07, 6.45) is 0.858. The summed E-state index contributed by atoms with van der Waals surface area (Å²) >= 11 is 3.38. The predicted molar refractivity (Wildman–Crippen MR) is 79.1 cm³/mol. The number of amides is 1. The fourth-order valence-electron chi connectivity index (χ4n) is 2.32. The zero-order valence-electron chi connectivity index (χ0n) is 10.9. The minimum absolute atomic E-state index is 0.0480. The van der Waals surface area contributed by atoms with Crippen LogP contribution in [0.25, 0.3) is 0 Å². The monoisotopic (exact) mass is 351 g/mol. The van der Waals surface area contributed by atoms with Gasteiger partial charge in [-0.1, -0.05) is 28.1 Å². The van der Waals surface area contributed by atoms with Crippen LogP contribution in [0.15, 0.2) is 46.9 Å². The maximum atomic E-state index is 13.1. The molecule has 0 heterocycles. The van der Waals surface area contributed by atoms with E-state index in [2.05, 4.69) is 21.2 Å². The third-order valence-electron chi connectivity index (χ3n) is 3.59. The molecule has 0 saturated heterocycles. The Morgan fingerprint density at radius 1 is 1.10 bits per heavy atom. The van der Waals surface area contributed by atoms with Crippen molar-refractivity contribution < 1.29 is 13.6 Å². The number of carbonyl (C=O) groups excluding carboxylic acids is 1. The first-order valence-electron chi connectivity index (χ1n) is 6.56. The van der Waals surface area contributed by atoms with Crippen LogP contribution in [0.1, 0.15) is 28.3 Å². The van der Waals surface area contributed by atoms with Crippen LogP contribution in [-0.2, 0) is 0 Å². The van der Waals surface area contributed by atoms with E-state index in [1.807, 2.05) is 24.3 Å². The molecule has 3 rings (SSSR count). The van der Waals surface area contributed by atoms with Crippen molar-refractivity contribution in [3.05, 3.63) is 69.7 Å². The van der Waals surface area contributed by atoms with Gasteiger partial charge in [0.25, 0.3) is 5.91 Å². The Morgan fingerprint density at radius 2 is 1.81 bits per heavy atom. The van der Waals surface area contributed by atoms with Gasteiger partial charge in [0.05, 0.1) is 0 Å². The van der Waals surface area contributed by atoms with E-state index in [0.717, 1.165) is 28.6 Å². The summed E-state index contributed by atoms with van der Waals surface area (Å²) in [5.41, 5.74) is 1.30. The van der Waals surface area contributed by atoms with Crippen LogP contribution in [0.5, 0.6) is 0 Å². The SMILES string of the molecule is O=C(N[C@@H]1C[C@H]1c1ccc(Br)cc1)c1ccc(F)c(F)c1. The molecule has 1 saturated carbocycles. The van der Waals surface area contributed by atoms with Gasteiger partial charge in [0.15, 0.2) is 11.6 Å². The molecular weight excluding hydrogens is 340 g/mol. The number of hydrogen-bond donors (Lipinski definition) is 1. The predicted octanol–water partition coefficient (Wildman–Crippen LogP) is 4.01. The summed E-state index contributed by atoms with van der Waals surface area (Å²) in [7, 11) is 0. The third-order valence-corrected chi connectivity index (χ3v) is 4.12. The Morgan fingerprint density at radius 3 is 2.48 bits per heavy atom. The van der Waals surface area contributed by atoms with Crippen molar-refractivity contribution in [2.45, 2.75) is 18.4 Å². The molecule has 0 spiro atoms. The van der Waals surface area contributed by atoms with E-state index in [9.17, 15) is 13.6 Å². The lowest BCUT2D eigenvalue weighted by molar-refractivity contribution is 0.0949. The zero-order chi connectivity index (χ0) is 15.0. The summed E-state index contributed by atoms with van der Waals surface area (Å²) in [4.78, 5) is 12.0. The van der Waals surface area contributed by atoms with Gasteiger partial charge < -0.3 is 5.32 Å². The van der Waals surface area contributed by atoms with E-state index >= 15 is 0 Å². The summed E-state index contributed by atoms with van der Waals surface area (Å²) in [6, 6.07) is 11.2. The van der Waals surface area contributed by atoms with E-state index in [0.29, 0.717) is 0 Å². The van der Waals surface area contributed by atoms with Gasteiger partial charge in [-0.05, 0) is 42.3 Å². The Hall–Kier alpha value is -1.75. The molecule has 5 heteroatoms. The molecule has 0 bridgehead atoms. The minimum Gasteiger partial charge on any atom is -0.349 e. The second-order valence-electron chi connectivity index (χ2n) is 5.10. The fourth-order valence-corrected chi connectivity index (χ4v) is 2.59. The molecule has 1 aliphatic rings. The van der Waals surface area contributed by atoms with Gasteiger partial charge in [-0.25, -0.2) is 8.78 Å². The van der Waals surface area contributed by atoms with Gasteiger partial charge in [-0.2, -0.15) is 0 Å². The van der Waals surface area contributed by atoms with E-state index < -0.39 is 11.6 Å². The van der Waals surface area contributed by atoms with Crippen molar-refractivity contribution in [3.63, 3.8) is 0 Å². The summed E-state index contributed by atoms with van der Waals surface area (Å²) in [6.45, 7) is 0. The van der Waals surface area contributed by atoms with E-state index in [1.54, 1.807) is 0 Å². The van der Waals surface area contributed by atoms with Crippen molar-refractivity contribution in [1.29, 1.82) is 0 Å². The lowest BCUT2D eigenvalue weighted by atomic mass is 10.1. The van der Waals surface area contributed by atoms with Gasteiger partial charge in [-0.3, -0.25) is 4.79 Å². The molecule has 0 aromatic heterocycles. The van der Waals surface area contributed by atoms with E-state index in [4.69, 9.17) is 0 Å². The smallest absolute Gasteiger partial charge is 0.251 e.